The highest BCUT2D eigenvalue weighted by molar-refractivity contribution is 5.95. The number of aromatic nitrogens is 2. The molecule has 10 heteroatoms. The number of amides is 1. The van der Waals surface area contributed by atoms with Gasteiger partial charge >= 0.3 is 12.1 Å². The number of carbonyl (C=O) groups excluding carboxylic acids is 1. The van der Waals surface area contributed by atoms with Crippen LogP contribution in [0.2, 0.25) is 0 Å². The Hall–Kier alpha value is -2.39. The van der Waals surface area contributed by atoms with E-state index in [4.69, 9.17) is 5.11 Å². The molecule has 1 aromatic heterocycles. The molecule has 1 aliphatic heterocycles. The first-order valence-corrected chi connectivity index (χ1v) is 11.4. The second-order valence-electron chi connectivity index (χ2n) is 10.2. The highest BCUT2D eigenvalue weighted by Gasteiger charge is 2.51. The van der Waals surface area contributed by atoms with Crippen molar-refractivity contribution in [2.75, 3.05) is 18.4 Å². The largest absolute Gasteiger partial charge is 0.481 e. The average Bonchev–Trinajstić information content (AvgIpc) is 2.71. The Labute approximate surface area is 183 Å². The Morgan fingerprint density at radius 1 is 1.06 bits per heavy atom. The van der Waals surface area contributed by atoms with Crippen molar-refractivity contribution >= 4 is 17.8 Å². The number of likely N-dealkylation sites (tertiary alicyclic amines) is 1. The summed E-state index contributed by atoms with van der Waals surface area (Å²) in [6, 6.07) is 0. The van der Waals surface area contributed by atoms with Crippen molar-refractivity contribution in [1.29, 1.82) is 0 Å². The van der Waals surface area contributed by atoms with E-state index >= 15 is 0 Å². The molecule has 0 aromatic carbocycles. The Balaban J connectivity index is 1.37. The second-order valence-corrected chi connectivity index (χ2v) is 10.2. The molecule has 0 radical (unpaired) electrons. The van der Waals surface area contributed by atoms with Crippen LogP contribution < -0.4 is 5.32 Å². The number of carbonyl (C=O) groups is 2. The van der Waals surface area contributed by atoms with Crippen LogP contribution in [0.1, 0.15) is 67.4 Å². The fourth-order valence-corrected chi connectivity index (χ4v) is 6.82. The van der Waals surface area contributed by atoms with Crippen LogP contribution in [0.4, 0.5) is 19.1 Å². The van der Waals surface area contributed by atoms with E-state index in [2.05, 4.69) is 15.3 Å². The predicted molar refractivity (Wildman–Crippen MR) is 108 cm³/mol. The molecule has 5 aliphatic rings. The fourth-order valence-electron chi connectivity index (χ4n) is 6.82. The Kier molecular flexibility index (Phi) is 5.09. The highest BCUT2D eigenvalue weighted by Crippen LogP contribution is 2.56. The van der Waals surface area contributed by atoms with E-state index in [9.17, 15) is 22.8 Å². The van der Waals surface area contributed by atoms with E-state index in [0.717, 1.165) is 25.5 Å². The first-order valence-electron chi connectivity index (χ1n) is 11.4. The zero-order valence-corrected chi connectivity index (χ0v) is 17.7. The SMILES string of the molecule is O=C(O)C1CCN(C(=O)c2cnc(NC34CC5CC(CC(C5)C3)C4)nc2C(F)(F)F)CC1. The minimum absolute atomic E-state index is 0.0691. The lowest BCUT2D eigenvalue weighted by atomic mass is 9.53. The Bertz CT molecular complexity index is 892. The average molecular weight is 452 g/mol. The number of alkyl halides is 3. The molecule has 6 rings (SSSR count). The van der Waals surface area contributed by atoms with Gasteiger partial charge in [0, 0.05) is 24.8 Å². The van der Waals surface area contributed by atoms with Gasteiger partial charge in [-0.15, -0.1) is 0 Å². The number of hydrogen-bond acceptors (Lipinski definition) is 5. The maximum atomic E-state index is 13.9. The van der Waals surface area contributed by atoms with Crippen molar-refractivity contribution in [2.24, 2.45) is 23.7 Å². The van der Waals surface area contributed by atoms with Gasteiger partial charge < -0.3 is 15.3 Å². The minimum atomic E-state index is -4.80. The zero-order valence-electron chi connectivity index (χ0n) is 17.7. The van der Waals surface area contributed by atoms with E-state index < -0.39 is 35.2 Å². The maximum Gasteiger partial charge on any atom is 0.434 e. The lowest BCUT2D eigenvalue weighted by Crippen LogP contribution is -2.55. The van der Waals surface area contributed by atoms with E-state index in [1.807, 2.05) is 0 Å². The number of carboxylic acids is 1. The van der Waals surface area contributed by atoms with E-state index in [1.54, 1.807) is 0 Å². The molecule has 5 fully saturated rings. The molecule has 2 N–H and O–H groups in total. The quantitative estimate of drug-likeness (QED) is 0.721. The van der Waals surface area contributed by atoms with Crippen molar-refractivity contribution in [3.63, 3.8) is 0 Å². The molecule has 32 heavy (non-hydrogen) atoms. The van der Waals surface area contributed by atoms with E-state index in [1.165, 1.54) is 24.2 Å². The Morgan fingerprint density at radius 2 is 1.62 bits per heavy atom. The van der Waals surface area contributed by atoms with E-state index in [0.29, 0.717) is 17.8 Å². The van der Waals surface area contributed by atoms with Crippen LogP contribution >= 0.6 is 0 Å². The number of piperidine rings is 1. The van der Waals surface area contributed by atoms with Crippen molar-refractivity contribution < 1.29 is 27.9 Å². The third-order valence-electron chi connectivity index (χ3n) is 7.83. The van der Waals surface area contributed by atoms with Gasteiger partial charge in [-0.2, -0.15) is 13.2 Å². The van der Waals surface area contributed by atoms with Gasteiger partial charge in [0.25, 0.3) is 5.91 Å². The molecule has 1 aromatic rings. The molecule has 4 bridgehead atoms. The van der Waals surface area contributed by atoms with Gasteiger partial charge in [0.15, 0.2) is 5.69 Å². The van der Waals surface area contributed by atoms with Crippen molar-refractivity contribution in [3.8, 4) is 0 Å². The third kappa shape index (κ3) is 3.92. The van der Waals surface area contributed by atoms with Crippen LogP contribution in [0.5, 0.6) is 0 Å². The number of nitrogens with one attached hydrogen (secondary N) is 1. The smallest absolute Gasteiger partial charge is 0.434 e. The number of nitrogens with zero attached hydrogens (tertiary/aromatic N) is 3. The summed E-state index contributed by atoms with van der Waals surface area (Å²) in [7, 11) is 0. The van der Waals surface area contributed by atoms with Gasteiger partial charge in [0.2, 0.25) is 5.95 Å². The number of hydrogen-bond donors (Lipinski definition) is 2. The summed E-state index contributed by atoms with van der Waals surface area (Å²) < 4.78 is 41.6. The highest BCUT2D eigenvalue weighted by atomic mass is 19.4. The van der Waals surface area contributed by atoms with Crippen LogP contribution in [0.3, 0.4) is 0 Å². The van der Waals surface area contributed by atoms with Gasteiger partial charge in [-0.3, -0.25) is 9.59 Å². The molecule has 0 atom stereocenters. The number of aliphatic carboxylic acids is 1. The molecule has 7 nitrogen and oxygen atoms in total. The summed E-state index contributed by atoms with van der Waals surface area (Å²) in [5.74, 6) is -0.551. The summed E-state index contributed by atoms with van der Waals surface area (Å²) in [6.45, 7) is 0.195. The van der Waals surface area contributed by atoms with Gasteiger partial charge in [-0.25, -0.2) is 9.97 Å². The van der Waals surface area contributed by atoms with Gasteiger partial charge in [0.05, 0.1) is 11.5 Å². The summed E-state index contributed by atoms with van der Waals surface area (Å²) in [5.41, 5.74) is -2.06. The molecule has 2 heterocycles. The molecule has 1 amide bonds. The summed E-state index contributed by atoms with van der Waals surface area (Å²) >= 11 is 0. The van der Waals surface area contributed by atoms with Crippen LogP contribution in [-0.2, 0) is 11.0 Å². The topological polar surface area (TPSA) is 95.4 Å². The van der Waals surface area contributed by atoms with E-state index in [-0.39, 0.29) is 37.4 Å². The van der Waals surface area contributed by atoms with Crippen LogP contribution in [-0.4, -0.2) is 50.5 Å². The van der Waals surface area contributed by atoms with Crippen molar-refractivity contribution in [2.45, 2.75) is 63.1 Å². The minimum Gasteiger partial charge on any atom is -0.481 e. The van der Waals surface area contributed by atoms with Crippen LogP contribution in [0.15, 0.2) is 6.20 Å². The lowest BCUT2D eigenvalue weighted by molar-refractivity contribution is -0.143. The standard InChI is InChI=1S/C22H27F3N4O3/c23-22(24,25)17-16(18(30)29-3-1-15(2-4-29)19(31)32)11-26-20(27-17)28-21-8-12-5-13(9-21)7-14(6-12)10-21/h11-15H,1-10H2,(H,31,32)(H,26,27,28). The summed E-state index contributed by atoms with van der Waals surface area (Å²) in [4.78, 5) is 33.1. The molecule has 0 unspecified atom stereocenters. The maximum absolute atomic E-state index is 13.9. The third-order valence-corrected chi connectivity index (χ3v) is 7.83. The molecular formula is C22H27F3N4O3. The van der Waals surface area contributed by atoms with Crippen molar-refractivity contribution in [1.82, 2.24) is 14.9 Å². The van der Waals surface area contributed by atoms with Crippen LogP contribution in [0, 0.1) is 23.7 Å². The second kappa shape index (κ2) is 7.59. The molecule has 174 valence electrons. The molecular weight excluding hydrogens is 425 g/mol. The normalized spacial score (nSPS) is 32.2. The van der Waals surface area contributed by atoms with Gasteiger partial charge in [0.1, 0.15) is 0 Å². The fraction of sp³-hybridized carbons (Fsp3) is 0.727. The first kappa shape index (κ1) is 21.5. The molecule has 4 aliphatic carbocycles. The first-order chi connectivity index (χ1) is 15.1. The predicted octanol–water partition coefficient (Wildman–Crippen LogP) is 3.81. The number of anilines is 1. The molecule has 0 spiro atoms. The lowest BCUT2D eigenvalue weighted by Gasteiger charge is -2.56. The summed E-state index contributed by atoms with van der Waals surface area (Å²) in [6.07, 6.45) is 3.04. The van der Waals surface area contributed by atoms with Gasteiger partial charge in [-0.1, -0.05) is 0 Å². The number of rotatable bonds is 4. The van der Waals surface area contributed by atoms with Gasteiger partial charge in [-0.05, 0) is 69.1 Å². The Morgan fingerprint density at radius 3 is 2.12 bits per heavy atom. The molecule has 1 saturated heterocycles. The number of carboxylic acid groups (broad SMARTS) is 1. The zero-order chi connectivity index (χ0) is 22.7. The monoisotopic (exact) mass is 452 g/mol. The number of halogens is 3. The summed E-state index contributed by atoms with van der Waals surface area (Å²) in [5, 5.41) is 12.3. The van der Waals surface area contributed by atoms with Crippen molar-refractivity contribution in [3.05, 3.63) is 17.5 Å². The molecule has 4 saturated carbocycles. The van der Waals surface area contributed by atoms with Crippen LogP contribution in [0.25, 0.3) is 0 Å².